The highest BCUT2D eigenvalue weighted by molar-refractivity contribution is 5.94. The number of hydrogen-bond donors (Lipinski definition) is 5. The van der Waals surface area contributed by atoms with Crippen LogP contribution in [-0.4, -0.2) is 74.0 Å². The van der Waals surface area contributed by atoms with Crippen LogP contribution in [0.15, 0.2) is 48.5 Å². The molecule has 0 atom stereocenters. The van der Waals surface area contributed by atoms with Gasteiger partial charge in [0.25, 0.3) is 5.91 Å². The maximum absolute atomic E-state index is 12.5. The van der Waals surface area contributed by atoms with Crippen LogP contribution in [0.1, 0.15) is 53.6 Å². The number of anilines is 3. The Bertz CT molecular complexity index is 1270. The van der Waals surface area contributed by atoms with E-state index in [1.165, 1.54) is 32.1 Å². The third-order valence-electron chi connectivity index (χ3n) is 7.33. The fraction of sp³-hybridized carbons (Fsp3) is 0.500. The van der Waals surface area contributed by atoms with Crippen molar-refractivity contribution < 1.29 is 19.0 Å². The molecule has 3 aromatic rings. The summed E-state index contributed by atoms with van der Waals surface area (Å²) in [6.07, 6.45) is 6.35. The number of aromatic nitrogens is 3. The average molecular weight is 607 g/mol. The predicted octanol–water partition coefficient (Wildman–Crippen LogP) is 3.82. The highest BCUT2D eigenvalue weighted by Crippen LogP contribution is 2.24. The van der Waals surface area contributed by atoms with Gasteiger partial charge < -0.3 is 41.2 Å². The molecule has 0 aliphatic heterocycles. The Morgan fingerprint density at radius 3 is 2.16 bits per heavy atom. The SMILES string of the molecule is COc1cccc(CNc2nc(NCc3ccc(C(=O)NCCOCCOCCN)cc3)nc(NCC3CCCCC3)n2)c1. The molecule has 2 aromatic carbocycles. The second-order valence-electron chi connectivity index (χ2n) is 10.7. The Balaban J connectivity index is 1.30. The number of ether oxygens (including phenoxy) is 3. The summed E-state index contributed by atoms with van der Waals surface area (Å²) in [5, 5.41) is 12.9. The zero-order chi connectivity index (χ0) is 30.8. The zero-order valence-corrected chi connectivity index (χ0v) is 25.6. The number of carbonyl (C=O) groups is 1. The largest absolute Gasteiger partial charge is 0.497 e. The van der Waals surface area contributed by atoms with Crippen LogP contribution in [-0.2, 0) is 22.6 Å². The molecule has 0 bridgehead atoms. The lowest BCUT2D eigenvalue weighted by atomic mass is 9.89. The van der Waals surface area contributed by atoms with Gasteiger partial charge in [0, 0.05) is 38.3 Å². The van der Waals surface area contributed by atoms with E-state index in [0.717, 1.165) is 23.4 Å². The van der Waals surface area contributed by atoms with E-state index >= 15 is 0 Å². The highest BCUT2D eigenvalue weighted by Gasteiger charge is 2.15. The number of methoxy groups -OCH3 is 1. The van der Waals surface area contributed by atoms with Crippen LogP contribution in [0, 0.1) is 5.92 Å². The van der Waals surface area contributed by atoms with Crippen molar-refractivity contribution in [2.75, 3.05) is 69.1 Å². The first-order valence-electron chi connectivity index (χ1n) is 15.5. The number of rotatable bonds is 19. The van der Waals surface area contributed by atoms with Gasteiger partial charge in [-0.15, -0.1) is 0 Å². The minimum atomic E-state index is -0.148. The normalized spacial score (nSPS) is 13.3. The molecule has 1 heterocycles. The Labute approximate surface area is 259 Å². The first-order valence-corrected chi connectivity index (χ1v) is 15.5. The van der Waals surface area contributed by atoms with Crippen LogP contribution in [0.25, 0.3) is 0 Å². The molecule has 1 aromatic heterocycles. The van der Waals surface area contributed by atoms with Crippen LogP contribution < -0.4 is 31.7 Å². The summed E-state index contributed by atoms with van der Waals surface area (Å²) in [6, 6.07) is 15.3. The van der Waals surface area contributed by atoms with Gasteiger partial charge in [0.15, 0.2) is 0 Å². The molecule has 1 amide bonds. The van der Waals surface area contributed by atoms with Crippen molar-refractivity contribution in [2.45, 2.75) is 45.2 Å². The fourth-order valence-electron chi connectivity index (χ4n) is 4.90. The Morgan fingerprint density at radius 2 is 1.48 bits per heavy atom. The summed E-state index contributed by atoms with van der Waals surface area (Å²) in [5.41, 5.74) is 8.01. The number of hydrogen-bond acceptors (Lipinski definition) is 11. The number of nitrogens with one attached hydrogen (secondary N) is 4. The summed E-state index contributed by atoms with van der Waals surface area (Å²) in [5.74, 6) is 2.78. The molecule has 1 fully saturated rings. The van der Waals surface area contributed by atoms with Crippen LogP contribution in [0.2, 0.25) is 0 Å². The average Bonchev–Trinajstić information content (AvgIpc) is 3.07. The number of benzene rings is 2. The van der Waals surface area contributed by atoms with Gasteiger partial charge in [-0.1, -0.05) is 43.5 Å². The van der Waals surface area contributed by atoms with Crippen molar-refractivity contribution in [3.05, 3.63) is 65.2 Å². The summed E-state index contributed by atoms with van der Waals surface area (Å²) in [4.78, 5) is 26.4. The first kappa shape index (κ1) is 32.9. The molecule has 44 heavy (non-hydrogen) atoms. The second-order valence-corrected chi connectivity index (χ2v) is 10.7. The van der Waals surface area contributed by atoms with E-state index in [4.69, 9.17) is 19.9 Å². The molecule has 4 rings (SSSR count). The molecular formula is C32H46N8O4. The van der Waals surface area contributed by atoms with E-state index in [1.54, 1.807) is 19.2 Å². The predicted molar refractivity (Wildman–Crippen MR) is 172 cm³/mol. The minimum absolute atomic E-state index is 0.148. The van der Waals surface area contributed by atoms with Gasteiger partial charge >= 0.3 is 0 Å². The van der Waals surface area contributed by atoms with Crippen LogP contribution in [0.4, 0.5) is 17.8 Å². The summed E-state index contributed by atoms with van der Waals surface area (Å²) in [6.45, 7) is 4.68. The molecule has 0 spiro atoms. The quantitative estimate of drug-likeness (QED) is 0.126. The molecule has 12 nitrogen and oxygen atoms in total. The maximum atomic E-state index is 12.5. The number of carbonyl (C=O) groups excluding carboxylic acids is 1. The standard InChI is InChI=1S/C32H46N8O4/c1-42-28-9-5-8-26(20-28)23-37-32-39-30(35-21-24-6-3-2-4-7-24)38-31(40-32)36-22-25-10-12-27(13-11-25)29(41)34-15-17-44-19-18-43-16-14-33/h5,8-13,20,24H,2-4,6-7,14-19,21-23,33H2,1H3,(H,34,41)(H3,35,36,37,38,39,40). The Morgan fingerprint density at radius 1 is 0.818 bits per heavy atom. The van der Waals surface area contributed by atoms with Crippen LogP contribution in [0.3, 0.4) is 0 Å². The van der Waals surface area contributed by atoms with Gasteiger partial charge in [-0.3, -0.25) is 4.79 Å². The molecule has 0 radical (unpaired) electrons. The molecule has 1 aliphatic rings. The molecule has 1 saturated carbocycles. The summed E-state index contributed by atoms with van der Waals surface area (Å²) in [7, 11) is 1.66. The van der Waals surface area contributed by atoms with E-state index in [0.29, 0.717) is 81.9 Å². The van der Waals surface area contributed by atoms with E-state index < -0.39 is 0 Å². The molecule has 6 N–H and O–H groups in total. The van der Waals surface area contributed by atoms with E-state index in [9.17, 15) is 4.79 Å². The van der Waals surface area contributed by atoms with Gasteiger partial charge in [-0.2, -0.15) is 15.0 Å². The van der Waals surface area contributed by atoms with Crippen molar-refractivity contribution in [1.82, 2.24) is 20.3 Å². The van der Waals surface area contributed by atoms with Gasteiger partial charge in [0.1, 0.15) is 5.75 Å². The maximum Gasteiger partial charge on any atom is 0.251 e. The highest BCUT2D eigenvalue weighted by atomic mass is 16.5. The Kier molecular flexibility index (Phi) is 13.9. The third-order valence-corrected chi connectivity index (χ3v) is 7.33. The number of amides is 1. The van der Waals surface area contributed by atoms with E-state index in [-0.39, 0.29) is 5.91 Å². The smallest absolute Gasteiger partial charge is 0.251 e. The molecule has 238 valence electrons. The summed E-state index contributed by atoms with van der Waals surface area (Å²) >= 11 is 0. The van der Waals surface area contributed by atoms with Gasteiger partial charge in [0.2, 0.25) is 17.8 Å². The van der Waals surface area contributed by atoms with Crippen molar-refractivity contribution in [1.29, 1.82) is 0 Å². The van der Waals surface area contributed by atoms with Gasteiger partial charge in [-0.05, 0) is 54.2 Å². The molecule has 12 heteroatoms. The van der Waals surface area contributed by atoms with Crippen molar-refractivity contribution in [3.8, 4) is 5.75 Å². The molecule has 1 aliphatic carbocycles. The lowest BCUT2D eigenvalue weighted by Crippen LogP contribution is -2.27. The number of nitrogens with zero attached hydrogens (tertiary/aromatic N) is 3. The van der Waals surface area contributed by atoms with Crippen molar-refractivity contribution in [3.63, 3.8) is 0 Å². The van der Waals surface area contributed by atoms with Crippen LogP contribution >= 0.6 is 0 Å². The van der Waals surface area contributed by atoms with Gasteiger partial charge in [-0.25, -0.2) is 0 Å². The Hall–Kier alpha value is -4.00. The lowest BCUT2D eigenvalue weighted by Gasteiger charge is -2.21. The summed E-state index contributed by atoms with van der Waals surface area (Å²) < 4.78 is 16.1. The van der Waals surface area contributed by atoms with Crippen LogP contribution in [0.5, 0.6) is 5.75 Å². The van der Waals surface area contributed by atoms with E-state index in [1.807, 2.05) is 36.4 Å². The fourth-order valence-corrected chi connectivity index (χ4v) is 4.90. The number of nitrogens with two attached hydrogens (primary N) is 1. The van der Waals surface area contributed by atoms with Crippen molar-refractivity contribution in [2.24, 2.45) is 11.7 Å². The van der Waals surface area contributed by atoms with E-state index in [2.05, 4.69) is 36.2 Å². The molecule has 0 unspecified atom stereocenters. The second kappa shape index (κ2) is 18.6. The zero-order valence-electron chi connectivity index (χ0n) is 25.6. The molecular weight excluding hydrogens is 560 g/mol. The monoisotopic (exact) mass is 606 g/mol. The minimum Gasteiger partial charge on any atom is -0.497 e. The molecule has 0 saturated heterocycles. The lowest BCUT2D eigenvalue weighted by molar-refractivity contribution is 0.0511. The van der Waals surface area contributed by atoms with Crippen molar-refractivity contribution >= 4 is 23.8 Å². The topological polar surface area (TPSA) is 158 Å². The first-order chi connectivity index (χ1) is 21.6. The van der Waals surface area contributed by atoms with Gasteiger partial charge in [0.05, 0.1) is 33.5 Å². The third kappa shape index (κ3) is 11.6.